The predicted molar refractivity (Wildman–Crippen MR) is 120 cm³/mol. The third kappa shape index (κ3) is 5.01. The lowest BCUT2D eigenvalue weighted by Gasteiger charge is -2.12. The van der Waals surface area contributed by atoms with Crippen LogP contribution in [0.25, 0.3) is 22.2 Å². The first-order chi connectivity index (χ1) is 15.1. The molecule has 0 aliphatic rings. The minimum Gasteiger partial charge on any atom is -0.494 e. The molecule has 0 saturated carbocycles. The zero-order chi connectivity index (χ0) is 21.6. The number of fused-ring (bicyclic) bond motifs is 1. The van der Waals surface area contributed by atoms with Gasteiger partial charge in [-0.15, -0.1) is 0 Å². The van der Waals surface area contributed by atoms with Gasteiger partial charge in [-0.2, -0.15) is 0 Å². The quantitative estimate of drug-likeness (QED) is 0.376. The number of aromatic amines is 1. The SMILES string of the molecule is CCOc1cc(-c2cc(NCCc3ccc4cc[nH]c4c3)ncn2)ccc1CC(=O)O. The molecule has 158 valence electrons. The average molecular weight is 416 g/mol. The summed E-state index contributed by atoms with van der Waals surface area (Å²) < 4.78 is 5.64. The fourth-order valence-electron chi connectivity index (χ4n) is 3.51. The first kappa shape index (κ1) is 20.4. The van der Waals surface area contributed by atoms with Gasteiger partial charge < -0.3 is 20.1 Å². The largest absolute Gasteiger partial charge is 0.494 e. The van der Waals surface area contributed by atoms with Crippen molar-refractivity contribution >= 4 is 22.7 Å². The Bertz CT molecular complexity index is 1200. The molecule has 2 aromatic heterocycles. The Balaban J connectivity index is 1.46. The number of carboxylic acid groups (broad SMARTS) is 1. The molecular weight excluding hydrogens is 392 g/mol. The molecule has 0 aliphatic heterocycles. The van der Waals surface area contributed by atoms with E-state index < -0.39 is 5.97 Å². The molecule has 2 aromatic carbocycles. The molecule has 0 unspecified atom stereocenters. The Labute approximate surface area is 180 Å². The van der Waals surface area contributed by atoms with Crippen molar-refractivity contribution in [2.24, 2.45) is 0 Å². The molecule has 3 N–H and O–H groups in total. The van der Waals surface area contributed by atoms with Gasteiger partial charge in [-0.1, -0.05) is 24.3 Å². The van der Waals surface area contributed by atoms with Gasteiger partial charge in [0.1, 0.15) is 17.9 Å². The fraction of sp³-hybridized carbons (Fsp3) is 0.208. The highest BCUT2D eigenvalue weighted by Gasteiger charge is 2.11. The summed E-state index contributed by atoms with van der Waals surface area (Å²) in [5, 5.41) is 13.7. The van der Waals surface area contributed by atoms with E-state index in [0.717, 1.165) is 35.6 Å². The lowest BCUT2D eigenvalue weighted by Crippen LogP contribution is -2.07. The number of aromatic nitrogens is 3. The van der Waals surface area contributed by atoms with E-state index in [4.69, 9.17) is 9.84 Å². The molecule has 31 heavy (non-hydrogen) atoms. The van der Waals surface area contributed by atoms with Crippen LogP contribution in [0.2, 0.25) is 0 Å². The maximum Gasteiger partial charge on any atom is 0.307 e. The number of rotatable bonds is 9. The highest BCUT2D eigenvalue weighted by atomic mass is 16.5. The Morgan fingerprint density at radius 2 is 2.03 bits per heavy atom. The Hall–Kier alpha value is -3.87. The van der Waals surface area contributed by atoms with Crippen LogP contribution in [0, 0.1) is 0 Å². The van der Waals surface area contributed by atoms with Gasteiger partial charge in [0.2, 0.25) is 0 Å². The van der Waals surface area contributed by atoms with Gasteiger partial charge in [-0.05, 0) is 42.5 Å². The monoisotopic (exact) mass is 416 g/mol. The van der Waals surface area contributed by atoms with Crippen LogP contribution in [-0.4, -0.2) is 39.2 Å². The van der Waals surface area contributed by atoms with Crippen molar-refractivity contribution in [3.8, 4) is 17.0 Å². The van der Waals surface area contributed by atoms with Crippen molar-refractivity contribution in [3.05, 3.63) is 72.2 Å². The molecule has 0 amide bonds. The van der Waals surface area contributed by atoms with Gasteiger partial charge in [0.25, 0.3) is 0 Å². The summed E-state index contributed by atoms with van der Waals surface area (Å²) in [7, 11) is 0. The van der Waals surface area contributed by atoms with Crippen molar-refractivity contribution in [3.63, 3.8) is 0 Å². The number of nitrogens with zero attached hydrogens (tertiary/aromatic N) is 2. The summed E-state index contributed by atoms with van der Waals surface area (Å²) in [6, 6.07) is 15.8. The van der Waals surface area contributed by atoms with Gasteiger partial charge in [0.05, 0.1) is 18.7 Å². The Kier molecular flexibility index (Phi) is 6.12. The lowest BCUT2D eigenvalue weighted by molar-refractivity contribution is -0.136. The number of ether oxygens (including phenoxy) is 1. The van der Waals surface area contributed by atoms with Crippen molar-refractivity contribution < 1.29 is 14.6 Å². The minimum atomic E-state index is -0.891. The normalized spacial score (nSPS) is 10.9. The number of nitrogens with one attached hydrogen (secondary N) is 2. The number of aliphatic carboxylic acids is 1. The molecular formula is C24H24N4O3. The summed E-state index contributed by atoms with van der Waals surface area (Å²) in [5.41, 5.74) is 4.61. The number of hydrogen-bond acceptors (Lipinski definition) is 5. The number of anilines is 1. The third-order valence-corrected chi connectivity index (χ3v) is 5.01. The molecule has 7 heteroatoms. The molecule has 2 heterocycles. The number of hydrogen-bond donors (Lipinski definition) is 3. The number of carboxylic acids is 1. The summed E-state index contributed by atoms with van der Waals surface area (Å²) in [6.45, 7) is 3.07. The molecule has 0 atom stereocenters. The van der Waals surface area contributed by atoms with Crippen LogP contribution in [0.15, 0.2) is 61.1 Å². The fourth-order valence-corrected chi connectivity index (χ4v) is 3.51. The molecule has 0 radical (unpaired) electrons. The van der Waals surface area contributed by atoms with Crippen LogP contribution in [0.1, 0.15) is 18.1 Å². The molecule has 4 aromatic rings. The van der Waals surface area contributed by atoms with E-state index in [9.17, 15) is 4.79 Å². The highest BCUT2D eigenvalue weighted by Crippen LogP contribution is 2.27. The minimum absolute atomic E-state index is 0.0829. The summed E-state index contributed by atoms with van der Waals surface area (Å²) >= 11 is 0. The highest BCUT2D eigenvalue weighted by molar-refractivity contribution is 5.79. The topological polar surface area (TPSA) is 100 Å². The zero-order valence-corrected chi connectivity index (χ0v) is 17.3. The molecule has 0 aliphatic carbocycles. The average Bonchev–Trinajstić information content (AvgIpc) is 3.23. The van der Waals surface area contributed by atoms with Crippen molar-refractivity contribution in [2.75, 3.05) is 18.5 Å². The van der Waals surface area contributed by atoms with Crippen LogP contribution in [-0.2, 0) is 17.6 Å². The second-order valence-electron chi connectivity index (χ2n) is 7.19. The van der Waals surface area contributed by atoms with E-state index in [0.29, 0.717) is 17.9 Å². The van der Waals surface area contributed by atoms with Crippen LogP contribution in [0.3, 0.4) is 0 Å². The number of benzene rings is 2. The molecule has 0 saturated heterocycles. The van der Waals surface area contributed by atoms with Crippen LogP contribution in [0.4, 0.5) is 5.82 Å². The van der Waals surface area contributed by atoms with Crippen molar-refractivity contribution in [1.29, 1.82) is 0 Å². The van der Waals surface area contributed by atoms with Gasteiger partial charge in [0, 0.05) is 35.5 Å². The van der Waals surface area contributed by atoms with E-state index >= 15 is 0 Å². The van der Waals surface area contributed by atoms with Crippen LogP contribution in [0.5, 0.6) is 5.75 Å². The van der Waals surface area contributed by atoms with E-state index in [1.807, 2.05) is 31.3 Å². The van der Waals surface area contributed by atoms with Gasteiger partial charge in [-0.25, -0.2) is 9.97 Å². The second kappa shape index (κ2) is 9.30. The standard InChI is InChI=1S/C24H24N4O3/c1-2-31-22-12-18(5-6-19(22)13-24(29)30)21-14-23(28-15-27-21)26-9-7-16-3-4-17-8-10-25-20(17)11-16/h3-6,8,10-12,14-15,25H,2,7,9,13H2,1H3,(H,29,30)(H,26,27,28). The maximum atomic E-state index is 11.1. The maximum absolute atomic E-state index is 11.1. The van der Waals surface area contributed by atoms with Gasteiger partial charge in [-0.3, -0.25) is 4.79 Å². The predicted octanol–water partition coefficient (Wildman–Crippen LogP) is 4.31. The molecule has 0 fully saturated rings. The van der Waals surface area contributed by atoms with E-state index in [2.05, 4.69) is 44.5 Å². The van der Waals surface area contributed by atoms with Gasteiger partial charge >= 0.3 is 5.97 Å². The third-order valence-electron chi connectivity index (χ3n) is 5.01. The Morgan fingerprint density at radius 1 is 1.13 bits per heavy atom. The second-order valence-corrected chi connectivity index (χ2v) is 7.19. The van der Waals surface area contributed by atoms with E-state index in [1.165, 1.54) is 17.3 Å². The van der Waals surface area contributed by atoms with Crippen LogP contribution < -0.4 is 10.1 Å². The van der Waals surface area contributed by atoms with Crippen molar-refractivity contribution in [2.45, 2.75) is 19.8 Å². The number of carbonyl (C=O) groups is 1. The molecule has 7 nitrogen and oxygen atoms in total. The zero-order valence-electron chi connectivity index (χ0n) is 17.3. The van der Waals surface area contributed by atoms with E-state index in [-0.39, 0.29) is 6.42 Å². The Morgan fingerprint density at radius 3 is 2.87 bits per heavy atom. The number of H-pyrrole nitrogens is 1. The summed E-state index contributed by atoms with van der Waals surface area (Å²) in [5.74, 6) is 0.409. The molecule has 0 bridgehead atoms. The van der Waals surface area contributed by atoms with Crippen molar-refractivity contribution in [1.82, 2.24) is 15.0 Å². The first-order valence-corrected chi connectivity index (χ1v) is 10.2. The van der Waals surface area contributed by atoms with Crippen LogP contribution >= 0.6 is 0 Å². The summed E-state index contributed by atoms with van der Waals surface area (Å²) in [4.78, 5) is 23.0. The smallest absolute Gasteiger partial charge is 0.307 e. The molecule has 4 rings (SSSR count). The molecule has 0 spiro atoms. The van der Waals surface area contributed by atoms with E-state index in [1.54, 1.807) is 6.07 Å². The van der Waals surface area contributed by atoms with Gasteiger partial charge in [0.15, 0.2) is 0 Å². The lowest BCUT2D eigenvalue weighted by atomic mass is 10.1. The first-order valence-electron chi connectivity index (χ1n) is 10.2. The summed E-state index contributed by atoms with van der Waals surface area (Å²) in [6.07, 6.45) is 4.25.